The van der Waals surface area contributed by atoms with Gasteiger partial charge in [0, 0.05) is 117 Å². The zero-order valence-corrected chi connectivity index (χ0v) is 48.3. The normalized spacial score (nSPS) is 13.0. The number of fused-ring (bicyclic) bond motifs is 16. The van der Waals surface area contributed by atoms with Crippen molar-refractivity contribution in [2.45, 2.75) is 0 Å². The monoisotopic (exact) mass is 1150 g/mol. The van der Waals surface area contributed by atoms with E-state index in [1.165, 1.54) is 203 Å². The number of thiophene rings is 8. The molecule has 9 heterocycles. The van der Waals surface area contributed by atoms with Crippen LogP contribution >= 0.6 is 90.7 Å². The van der Waals surface area contributed by atoms with Crippen molar-refractivity contribution in [2.75, 3.05) is 0 Å². The fourth-order valence-corrected chi connectivity index (χ4v) is 23.6. The van der Waals surface area contributed by atoms with E-state index in [-0.39, 0.29) is 0 Å². The first-order valence-electron chi connectivity index (χ1n) is 26.8. The molecule has 1 aliphatic rings. The third-order valence-corrected chi connectivity index (χ3v) is 27.9. The average Bonchev–Trinajstić information content (AvgIpc) is 4.42. The molecule has 8 heteroatoms. The summed E-state index contributed by atoms with van der Waals surface area (Å²) < 4.78 is 21.6. The molecule has 368 valence electrons. The SMILES string of the molecule is c1cc2c3ccc4cc5sc4c3ccc2c2sc(cc12)=c1cc2ccc3c4ccc6cc(sc6c4ccc3c2s1)=c1cc2ccc3c4ccc6cc(sc6c4ccc3c2s1)=c1cc2ccc3c4ccc6cc=5sc6c4ccc3c2s1. The standard InChI is InChI=1S/C72H32S8/c1-9-41-42-10-2-34-27-59-60-28-36-5-13-45-46-14-6-38-31-63(79-70(38)54(46)22-21-53(45)68(36)76-60)64-32-40-8-16-48-47-15-7-39-30-62(78-71(39)55(47)23-24-56(48)72(40)80-64)61-29-37-4-12-44-43-11-3-35-26-58(74-67(35)51(43)19-20-52(44)69(37)77-61)57-25-33(1)65(73-57)49(41)17-18-50(42)66(34)75-59/h1-32H. The highest BCUT2D eigenvalue weighted by Gasteiger charge is 2.17. The van der Waals surface area contributed by atoms with Gasteiger partial charge in [-0.3, -0.25) is 0 Å². The molecule has 0 atom stereocenters. The molecule has 24 bridgehead atoms. The first-order chi connectivity index (χ1) is 39.5. The van der Waals surface area contributed by atoms with Crippen LogP contribution in [0.2, 0.25) is 0 Å². The van der Waals surface area contributed by atoms with Crippen LogP contribution in [0.25, 0.3) is 167 Å². The van der Waals surface area contributed by atoms with Crippen molar-refractivity contribution < 1.29 is 0 Å². The Morgan fingerprint density at radius 2 is 0.237 bits per heavy atom. The Morgan fingerprint density at radius 3 is 0.362 bits per heavy atom. The van der Waals surface area contributed by atoms with Gasteiger partial charge in [-0.05, 0) is 135 Å². The summed E-state index contributed by atoms with van der Waals surface area (Å²) in [5, 5.41) is 31.8. The van der Waals surface area contributed by atoms with Gasteiger partial charge in [-0.2, -0.15) is 0 Å². The maximum atomic E-state index is 2.43. The maximum absolute atomic E-state index is 2.43. The highest BCUT2D eigenvalue weighted by Crippen LogP contribution is 2.46. The molecule has 0 saturated carbocycles. The largest absolute Gasteiger partial charge is 0.134 e. The van der Waals surface area contributed by atoms with Crippen molar-refractivity contribution in [1.29, 1.82) is 0 Å². The van der Waals surface area contributed by atoms with Crippen LogP contribution in [0.5, 0.6) is 0 Å². The molecule has 0 N–H and O–H groups in total. The van der Waals surface area contributed by atoms with Gasteiger partial charge in [0.1, 0.15) is 0 Å². The van der Waals surface area contributed by atoms with Gasteiger partial charge >= 0.3 is 0 Å². The van der Waals surface area contributed by atoms with Gasteiger partial charge in [0.05, 0.1) is 0 Å². The molecule has 1 aliphatic heterocycles. The van der Waals surface area contributed by atoms with E-state index in [9.17, 15) is 0 Å². The predicted molar refractivity (Wildman–Crippen MR) is 360 cm³/mol. The zero-order valence-electron chi connectivity index (χ0n) is 41.7. The van der Waals surface area contributed by atoms with Crippen LogP contribution in [0.1, 0.15) is 0 Å². The topological polar surface area (TPSA) is 0 Å². The molecule has 20 aromatic rings. The van der Waals surface area contributed by atoms with Crippen LogP contribution in [-0.4, -0.2) is 0 Å². The second-order valence-corrected chi connectivity index (χ2v) is 30.2. The van der Waals surface area contributed by atoms with Crippen LogP contribution in [-0.2, 0) is 0 Å². The van der Waals surface area contributed by atoms with Crippen LogP contribution in [0.4, 0.5) is 0 Å². The summed E-state index contributed by atoms with van der Waals surface area (Å²) in [6.07, 6.45) is 0. The lowest BCUT2D eigenvalue weighted by atomic mass is 10.00. The van der Waals surface area contributed by atoms with E-state index >= 15 is 0 Å². The second-order valence-electron chi connectivity index (χ2n) is 21.8. The lowest BCUT2D eigenvalue weighted by Crippen LogP contribution is -1.78. The molecular weight excluding hydrogens is 1120 g/mol. The van der Waals surface area contributed by atoms with E-state index in [2.05, 4.69) is 194 Å². The number of benzene rings is 12. The predicted octanol–water partition coefficient (Wildman–Crippen LogP) is 24.1. The van der Waals surface area contributed by atoms with Crippen LogP contribution < -0.4 is 0 Å². The Bertz CT molecular complexity index is 5560. The molecule has 0 fully saturated rings. The van der Waals surface area contributed by atoms with Crippen molar-refractivity contribution in [3.05, 3.63) is 230 Å². The molecule has 0 nitrogen and oxygen atoms in total. The van der Waals surface area contributed by atoms with Crippen LogP contribution in [0.15, 0.2) is 194 Å². The Kier molecular flexibility index (Phi) is 8.23. The number of rotatable bonds is 0. The van der Waals surface area contributed by atoms with Crippen molar-refractivity contribution in [3.8, 4) is 0 Å². The van der Waals surface area contributed by atoms with E-state index in [4.69, 9.17) is 0 Å². The summed E-state index contributed by atoms with van der Waals surface area (Å²) in [6, 6.07) is 76.4. The summed E-state index contributed by atoms with van der Waals surface area (Å²) in [7, 11) is 0. The van der Waals surface area contributed by atoms with Gasteiger partial charge in [-0.15, -0.1) is 90.7 Å². The average molecular weight is 1150 g/mol. The van der Waals surface area contributed by atoms with E-state index in [0.717, 1.165) is 0 Å². The number of hydrogen-bond donors (Lipinski definition) is 0. The molecule has 0 spiro atoms. The van der Waals surface area contributed by atoms with Crippen LogP contribution in [0, 0.1) is 36.3 Å². The quantitative estimate of drug-likeness (QED) is 0.133. The van der Waals surface area contributed by atoms with Crippen LogP contribution in [0.3, 0.4) is 0 Å². The minimum absolute atomic E-state index is 1.31. The summed E-state index contributed by atoms with van der Waals surface area (Å²) in [5.74, 6) is 0. The van der Waals surface area contributed by atoms with E-state index in [1.54, 1.807) is 0 Å². The Hall–Kier alpha value is -7.60. The van der Waals surface area contributed by atoms with Gasteiger partial charge in [-0.25, -0.2) is 0 Å². The minimum atomic E-state index is 1.31. The molecule has 8 aromatic heterocycles. The van der Waals surface area contributed by atoms with Crippen molar-refractivity contribution >= 4 is 258 Å². The molecular formula is C72H32S8. The lowest BCUT2D eigenvalue weighted by molar-refractivity contribution is 1.80. The molecule has 80 heavy (non-hydrogen) atoms. The van der Waals surface area contributed by atoms with Gasteiger partial charge in [0.15, 0.2) is 0 Å². The highest BCUT2D eigenvalue weighted by molar-refractivity contribution is 7.24. The lowest BCUT2D eigenvalue weighted by Gasteiger charge is -2.06. The highest BCUT2D eigenvalue weighted by atomic mass is 32.1. The second kappa shape index (κ2) is 15.2. The molecule has 0 amide bonds. The maximum Gasteiger partial charge on any atom is 0.0455 e. The van der Waals surface area contributed by atoms with E-state index in [0.29, 0.717) is 0 Å². The fourth-order valence-electron chi connectivity index (χ4n) is 13.8. The zero-order chi connectivity index (χ0) is 51.4. The third-order valence-electron chi connectivity index (χ3n) is 17.6. The molecule has 0 unspecified atom stereocenters. The Morgan fingerprint density at radius 1 is 0.125 bits per heavy atom. The van der Waals surface area contributed by atoms with Crippen molar-refractivity contribution in [3.63, 3.8) is 0 Å². The molecule has 0 aliphatic carbocycles. The van der Waals surface area contributed by atoms with Crippen molar-refractivity contribution in [1.82, 2.24) is 0 Å². The Balaban J connectivity index is 0.839. The Labute approximate surface area is 483 Å². The molecule has 0 radical (unpaired) electrons. The smallest absolute Gasteiger partial charge is 0.0455 e. The van der Waals surface area contributed by atoms with Gasteiger partial charge < -0.3 is 0 Å². The van der Waals surface area contributed by atoms with Gasteiger partial charge in [-0.1, -0.05) is 146 Å². The first-order valence-corrected chi connectivity index (χ1v) is 33.3. The summed E-state index contributed by atoms with van der Waals surface area (Å²) in [5.41, 5.74) is 0. The molecule has 0 saturated heterocycles. The number of hydrogen-bond acceptors (Lipinski definition) is 8. The minimum Gasteiger partial charge on any atom is -0.134 e. The van der Waals surface area contributed by atoms with E-state index in [1.807, 2.05) is 90.7 Å². The fraction of sp³-hybridized carbons (Fsp3) is 0. The van der Waals surface area contributed by atoms with E-state index < -0.39 is 0 Å². The summed E-state index contributed by atoms with van der Waals surface area (Å²) >= 11 is 15.6. The molecule has 12 aromatic carbocycles. The molecule has 21 rings (SSSR count). The first kappa shape index (κ1) is 43.2. The van der Waals surface area contributed by atoms with Crippen molar-refractivity contribution in [2.24, 2.45) is 0 Å². The van der Waals surface area contributed by atoms with Gasteiger partial charge in [0.2, 0.25) is 0 Å². The van der Waals surface area contributed by atoms with Gasteiger partial charge in [0.25, 0.3) is 0 Å². The summed E-state index contributed by atoms with van der Waals surface area (Å²) in [4.78, 5) is 0. The summed E-state index contributed by atoms with van der Waals surface area (Å²) in [6.45, 7) is 0. The third kappa shape index (κ3) is 5.68.